The molecule has 4 N–H and O–H groups in total. The van der Waals surface area contributed by atoms with Crippen molar-refractivity contribution in [2.45, 2.75) is 0 Å². The number of carbonyl (C=O) groups excluding carboxylic acids is 2. The number of hydroxylamine groups is 1. The van der Waals surface area contributed by atoms with Crippen molar-refractivity contribution < 1.29 is 14.8 Å². The van der Waals surface area contributed by atoms with Gasteiger partial charge in [0.1, 0.15) is 11.2 Å². The largest absolute Gasteiger partial charge is 0.346 e. The van der Waals surface area contributed by atoms with Gasteiger partial charge in [-0.2, -0.15) is 0 Å². The van der Waals surface area contributed by atoms with Gasteiger partial charge >= 0.3 is 0 Å². The summed E-state index contributed by atoms with van der Waals surface area (Å²) in [5.74, 6) is -1.10. The van der Waals surface area contributed by atoms with Crippen molar-refractivity contribution in [3.8, 4) is 11.1 Å². The number of amides is 2. The zero-order valence-corrected chi connectivity index (χ0v) is 17.0. The molecule has 0 radical (unpaired) electrons. The zero-order chi connectivity index (χ0) is 22.1. The molecule has 9 heteroatoms. The summed E-state index contributed by atoms with van der Waals surface area (Å²) in [6.07, 6.45) is 1.72. The Bertz CT molecular complexity index is 1360. The minimum absolute atomic E-state index is 0.214. The Balaban J connectivity index is 1.70. The molecule has 156 valence electrons. The van der Waals surface area contributed by atoms with Crippen LogP contribution in [0.2, 0.25) is 5.02 Å². The fraction of sp³-hybridized carbons (Fsp3) is 0.0455. The van der Waals surface area contributed by atoms with E-state index in [0.29, 0.717) is 21.6 Å². The maximum atomic E-state index is 12.8. The van der Waals surface area contributed by atoms with Crippen LogP contribution in [0.4, 0.5) is 5.69 Å². The first-order valence-electron chi connectivity index (χ1n) is 9.21. The minimum atomic E-state index is -0.654. The van der Waals surface area contributed by atoms with Crippen LogP contribution in [0.3, 0.4) is 0 Å². The molecule has 2 aromatic heterocycles. The fourth-order valence-corrected chi connectivity index (χ4v) is 3.41. The highest BCUT2D eigenvalue weighted by molar-refractivity contribution is 6.30. The van der Waals surface area contributed by atoms with Crippen LogP contribution in [0, 0.1) is 0 Å². The molecule has 31 heavy (non-hydrogen) atoms. The number of fused-ring (bicyclic) bond motifs is 1. The number of H-pyrrole nitrogens is 1. The number of hydrogen-bond donors (Lipinski definition) is 4. The summed E-state index contributed by atoms with van der Waals surface area (Å²) in [5, 5.41) is 12.6. The van der Waals surface area contributed by atoms with Gasteiger partial charge in [0.2, 0.25) is 0 Å². The predicted molar refractivity (Wildman–Crippen MR) is 118 cm³/mol. The van der Waals surface area contributed by atoms with Gasteiger partial charge in [-0.05, 0) is 48.0 Å². The normalized spacial score (nSPS) is 10.8. The highest BCUT2D eigenvalue weighted by Gasteiger charge is 2.16. The Hall–Kier alpha value is -3.88. The summed E-state index contributed by atoms with van der Waals surface area (Å²) >= 11 is 5.98. The van der Waals surface area contributed by atoms with Crippen molar-refractivity contribution in [2.75, 3.05) is 5.32 Å². The maximum absolute atomic E-state index is 12.8. The van der Waals surface area contributed by atoms with Crippen molar-refractivity contribution in [3.63, 3.8) is 0 Å². The van der Waals surface area contributed by atoms with Crippen LogP contribution in [0.15, 0.2) is 65.6 Å². The van der Waals surface area contributed by atoms with Gasteiger partial charge in [-0.3, -0.25) is 19.6 Å². The lowest BCUT2D eigenvalue weighted by atomic mass is 10.0. The summed E-state index contributed by atoms with van der Waals surface area (Å²) < 4.78 is 1.45. The van der Waals surface area contributed by atoms with Crippen LogP contribution in [0.25, 0.3) is 22.0 Å². The van der Waals surface area contributed by atoms with Gasteiger partial charge in [0.05, 0.1) is 0 Å². The number of benzene rings is 2. The van der Waals surface area contributed by atoms with E-state index in [1.165, 1.54) is 28.8 Å². The number of pyridine rings is 1. The second kappa shape index (κ2) is 8.10. The molecule has 0 bridgehead atoms. The van der Waals surface area contributed by atoms with Crippen molar-refractivity contribution in [1.29, 1.82) is 0 Å². The lowest BCUT2D eigenvalue weighted by Crippen LogP contribution is -2.18. The lowest BCUT2D eigenvalue weighted by molar-refractivity contribution is 0.0706. The Kier molecular flexibility index (Phi) is 5.33. The standard InChI is InChI=1S/C22H17ClN4O4/c1-27-11-17(12-2-6-14(23)7-3-12)16-10-18(25-19(16)22(27)30)21(29)24-15-8-4-13(5-9-15)20(28)26-31/h2-11,25,31H,1H3,(H,24,29)(H,26,28). The van der Waals surface area contributed by atoms with Crippen LogP contribution in [0.1, 0.15) is 20.8 Å². The van der Waals surface area contributed by atoms with E-state index in [4.69, 9.17) is 16.8 Å². The van der Waals surface area contributed by atoms with Gasteiger partial charge in [-0.15, -0.1) is 0 Å². The van der Waals surface area contributed by atoms with E-state index in [9.17, 15) is 14.4 Å². The van der Waals surface area contributed by atoms with Crippen LogP contribution < -0.4 is 16.4 Å². The van der Waals surface area contributed by atoms with E-state index in [-0.39, 0.29) is 16.8 Å². The van der Waals surface area contributed by atoms with Gasteiger partial charge in [-0.1, -0.05) is 23.7 Å². The second-order valence-corrected chi connectivity index (χ2v) is 7.35. The Labute approximate surface area is 181 Å². The number of aromatic amines is 1. The molecule has 2 heterocycles. The fourth-order valence-electron chi connectivity index (χ4n) is 3.28. The zero-order valence-electron chi connectivity index (χ0n) is 16.3. The molecule has 8 nitrogen and oxygen atoms in total. The first kappa shape index (κ1) is 20.4. The van der Waals surface area contributed by atoms with E-state index in [1.54, 1.807) is 36.9 Å². The Morgan fingerprint density at radius 3 is 2.35 bits per heavy atom. The molecule has 0 atom stereocenters. The minimum Gasteiger partial charge on any atom is -0.346 e. The molecule has 4 aromatic rings. The number of aryl methyl sites for hydroxylation is 1. The summed E-state index contributed by atoms with van der Waals surface area (Å²) in [6, 6.07) is 14.8. The van der Waals surface area contributed by atoms with Crippen LogP contribution >= 0.6 is 11.6 Å². The third-order valence-corrected chi connectivity index (χ3v) is 5.12. The van der Waals surface area contributed by atoms with Gasteiger partial charge in [-0.25, -0.2) is 5.48 Å². The predicted octanol–water partition coefficient (Wildman–Crippen LogP) is 3.56. The van der Waals surface area contributed by atoms with Crippen LogP contribution in [-0.4, -0.2) is 26.6 Å². The smallest absolute Gasteiger partial charge is 0.274 e. The third kappa shape index (κ3) is 3.94. The molecular weight excluding hydrogens is 420 g/mol. The third-order valence-electron chi connectivity index (χ3n) is 4.87. The molecule has 0 aliphatic heterocycles. The average Bonchev–Trinajstić information content (AvgIpc) is 3.23. The average molecular weight is 437 g/mol. The summed E-state index contributed by atoms with van der Waals surface area (Å²) in [6.45, 7) is 0. The molecule has 0 aliphatic carbocycles. The van der Waals surface area contributed by atoms with E-state index in [0.717, 1.165) is 11.1 Å². The molecule has 0 spiro atoms. The van der Waals surface area contributed by atoms with Gasteiger partial charge in [0.15, 0.2) is 0 Å². The number of nitrogens with zero attached hydrogens (tertiary/aromatic N) is 1. The molecule has 2 amide bonds. The second-order valence-electron chi connectivity index (χ2n) is 6.91. The van der Waals surface area contributed by atoms with E-state index in [2.05, 4.69) is 10.3 Å². The van der Waals surface area contributed by atoms with Gasteiger partial charge < -0.3 is 14.9 Å². The van der Waals surface area contributed by atoms with Gasteiger partial charge in [0, 0.05) is 40.5 Å². The van der Waals surface area contributed by atoms with Crippen molar-refractivity contribution in [3.05, 3.63) is 87.4 Å². The van der Waals surface area contributed by atoms with Crippen molar-refractivity contribution in [2.24, 2.45) is 7.05 Å². The number of nitrogens with one attached hydrogen (secondary N) is 3. The molecule has 0 aliphatic rings. The summed E-state index contributed by atoms with van der Waals surface area (Å²) in [7, 11) is 1.64. The number of anilines is 1. The number of rotatable bonds is 4. The maximum Gasteiger partial charge on any atom is 0.274 e. The summed E-state index contributed by atoms with van der Waals surface area (Å²) in [4.78, 5) is 39.7. The topological polar surface area (TPSA) is 116 Å². The molecule has 4 rings (SSSR count). The molecular formula is C22H17ClN4O4. The molecule has 0 fully saturated rings. The summed E-state index contributed by atoms with van der Waals surface area (Å²) in [5.41, 5.74) is 4.14. The molecule has 0 saturated carbocycles. The highest BCUT2D eigenvalue weighted by atomic mass is 35.5. The monoisotopic (exact) mass is 436 g/mol. The SMILES string of the molecule is Cn1cc(-c2ccc(Cl)cc2)c2cc(C(=O)Nc3ccc(C(=O)NO)cc3)[nH]c2c1=O. The first-order valence-corrected chi connectivity index (χ1v) is 9.59. The Morgan fingerprint density at radius 1 is 1.03 bits per heavy atom. The highest BCUT2D eigenvalue weighted by Crippen LogP contribution is 2.28. The van der Waals surface area contributed by atoms with Crippen molar-refractivity contribution >= 4 is 40.0 Å². The van der Waals surface area contributed by atoms with Crippen molar-refractivity contribution in [1.82, 2.24) is 15.0 Å². The Morgan fingerprint density at radius 2 is 1.71 bits per heavy atom. The van der Waals surface area contributed by atoms with Crippen LogP contribution in [0.5, 0.6) is 0 Å². The van der Waals surface area contributed by atoms with E-state index >= 15 is 0 Å². The number of hydrogen-bond acceptors (Lipinski definition) is 4. The van der Waals surface area contributed by atoms with E-state index in [1.807, 2.05) is 12.1 Å². The van der Waals surface area contributed by atoms with E-state index < -0.39 is 11.8 Å². The van der Waals surface area contributed by atoms with Crippen LogP contribution in [-0.2, 0) is 7.05 Å². The lowest BCUT2D eigenvalue weighted by Gasteiger charge is -2.06. The molecule has 0 saturated heterocycles. The number of carbonyl (C=O) groups is 2. The van der Waals surface area contributed by atoms with Gasteiger partial charge in [0.25, 0.3) is 17.4 Å². The first-order chi connectivity index (χ1) is 14.9. The number of halogens is 1. The quantitative estimate of drug-likeness (QED) is 0.289. The molecule has 2 aromatic carbocycles. The molecule has 0 unspecified atom stereocenters. The number of aromatic nitrogens is 2.